The Morgan fingerprint density at radius 2 is 1.43 bits per heavy atom. The number of phenols is 1. The van der Waals surface area contributed by atoms with Crippen LogP contribution in [0.4, 0.5) is 0 Å². The molecule has 0 fully saturated rings. The van der Waals surface area contributed by atoms with E-state index in [1.54, 1.807) is 0 Å². The van der Waals surface area contributed by atoms with Crippen LogP contribution >= 0.6 is 0 Å². The van der Waals surface area contributed by atoms with Gasteiger partial charge in [-0.1, -0.05) is 76.8 Å². The molecule has 1 atom stereocenters. The molecule has 1 N–H and O–H groups in total. The number of unbranched alkanes of at least 4 members (excludes halogenated alkanes) is 9. The minimum Gasteiger partial charge on any atom is -0.507 e. The maximum atomic E-state index is 10.4. The summed E-state index contributed by atoms with van der Waals surface area (Å²) in [5.41, 5.74) is 5.05. The van der Waals surface area contributed by atoms with Crippen LogP contribution in [0.3, 0.4) is 0 Å². The van der Waals surface area contributed by atoms with Gasteiger partial charge >= 0.3 is 0 Å². The zero-order valence-electron chi connectivity index (χ0n) is 23.0. The summed E-state index contributed by atoms with van der Waals surface area (Å²) in [6.07, 6.45) is 16.7. The van der Waals surface area contributed by atoms with Gasteiger partial charge in [0.25, 0.3) is 0 Å². The number of aryl methyl sites for hydroxylation is 1. The Morgan fingerprint density at radius 1 is 0.829 bits per heavy atom. The van der Waals surface area contributed by atoms with Crippen LogP contribution in [0.2, 0.25) is 0 Å². The lowest BCUT2D eigenvalue weighted by Gasteiger charge is -2.37. The Kier molecular flexibility index (Phi) is 10.4. The largest absolute Gasteiger partial charge is 0.507 e. The van der Waals surface area contributed by atoms with Gasteiger partial charge in [-0.15, -0.1) is 0 Å². The van der Waals surface area contributed by atoms with Gasteiger partial charge in [0.2, 0.25) is 0 Å². The first-order valence-corrected chi connectivity index (χ1v) is 14.1. The Labute approximate surface area is 214 Å². The highest BCUT2D eigenvalue weighted by Gasteiger charge is 2.35. The number of rotatable bonds is 14. The number of benzene rings is 2. The monoisotopic (exact) mass is 480 g/mol. The molecule has 1 aliphatic rings. The van der Waals surface area contributed by atoms with Crippen LogP contribution in [-0.2, 0) is 12.8 Å². The first-order chi connectivity index (χ1) is 16.8. The van der Waals surface area contributed by atoms with Crippen molar-refractivity contribution in [1.29, 1.82) is 0 Å². The Hall–Kier alpha value is -2.16. The summed E-state index contributed by atoms with van der Waals surface area (Å²) in [4.78, 5) is 0. The number of phenolic OH excluding ortho intramolecular Hbond substituents is 1. The zero-order chi connectivity index (χ0) is 25.3. The van der Waals surface area contributed by atoms with Crippen molar-refractivity contribution in [2.45, 2.75) is 124 Å². The van der Waals surface area contributed by atoms with Crippen LogP contribution in [0.5, 0.6) is 17.2 Å². The van der Waals surface area contributed by atoms with Crippen LogP contribution in [0.1, 0.15) is 112 Å². The molecule has 0 saturated carbocycles. The van der Waals surface area contributed by atoms with E-state index in [0.717, 1.165) is 53.0 Å². The van der Waals surface area contributed by atoms with E-state index in [2.05, 4.69) is 38.1 Å². The Morgan fingerprint density at radius 3 is 2.06 bits per heavy atom. The maximum absolute atomic E-state index is 10.4. The summed E-state index contributed by atoms with van der Waals surface area (Å²) in [6, 6.07) is 8.62. The average molecular weight is 481 g/mol. The van der Waals surface area contributed by atoms with Crippen molar-refractivity contribution in [3.05, 3.63) is 52.1 Å². The smallest absolute Gasteiger partial charge is 0.140 e. The second kappa shape index (κ2) is 13.2. The molecule has 0 radical (unpaired) electrons. The fraction of sp³-hybridized carbons (Fsp3) is 0.625. The molecule has 0 saturated heterocycles. The molecule has 0 aromatic heterocycles. The third-order valence-electron chi connectivity index (χ3n) is 7.88. The molecule has 1 aliphatic heterocycles. The molecule has 0 amide bonds. The summed E-state index contributed by atoms with van der Waals surface area (Å²) in [5.74, 6) is 2.24. The molecule has 0 bridgehead atoms. The number of ether oxygens (including phenoxy) is 2. The Bertz CT molecular complexity index is 931. The van der Waals surface area contributed by atoms with Gasteiger partial charge in [-0.05, 0) is 87.8 Å². The molecule has 3 heteroatoms. The van der Waals surface area contributed by atoms with E-state index < -0.39 is 0 Å². The molecular formula is C32H48O3. The summed E-state index contributed by atoms with van der Waals surface area (Å²) in [6.45, 7) is 10.9. The fourth-order valence-corrected chi connectivity index (χ4v) is 5.20. The van der Waals surface area contributed by atoms with E-state index in [1.807, 2.05) is 20.8 Å². The van der Waals surface area contributed by atoms with Gasteiger partial charge in [0, 0.05) is 5.56 Å². The average Bonchev–Trinajstić information content (AvgIpc) is 2.87. The van der Waals surface area contributed by atoms with E-state index in [4.69, 9.17) is 9.47 Å². The van der Waals surface area contributed by atoms with Gasteiger partial charge in [0.15, 0.2) is 0 Å². The maximum Gasteiger partial charge on any atom is 0.140 e. The number of fused-ring (bicyclic) bond motifs is 1. The Balaban J connectivity index is 1.39. The molecule has 35 heavy (non-hydrogen) atoms. The fourth-order valence-electron chi connectivity index (χ4n) is 5.20. The zero-order valence-corrected chi connectivity index (χ0v) is 23.0. The van der Waals surface area contributed by atoms with E-state index in [1.165, 1.54) is 69.8 Å². The quantitative estimate of drug-likeness (QED) is 0.274. The van der Waals surface area contributed by atoms with Gasteiger partial charge in [-0.2, -0.15) is 0 Å². The summed E-state index contributed by atoms with van der Waals surface area (Å²) in [7, 11) is 0. The molecule has 0 spiro atoms. The van der Waals surface area contributed by atoms with Crippen molar-refractivity contribution < 1.29 is 14.6 Å². The molecule has 1 heterocycles. The molecule has 3 nitrogen and oxygen atoms in total. The predicted octanol–water partition coefficient (Wildman–Crippen LogP) is 8.94. The van der Waals surface area contributed by atoms with Crippen LogP contribution < -0.4 is 9.47 Å². The van der Waals surface area contributed by atoms with Gasteiger partial charge in [0.1, 0.15) is 29.5 Å². The molecule has 2 aromatic carbocycles. The summed E-state index contributed by atoms with van der Waals surface area (Å²) >= 11 is 0. The minimum absolute atomic E-state index is 0.373. The van der Waals surface area contributed by atoms with E-state index in [0.29, 0.717) is 12.4 Å². The van der Waals surface area contributed by atoms with Gasteiger partial charge < -0.3 is 14.6 Å². The van der Waals surface area contributed by atoms with Gasteiger partial charge in [-0.3, -0.25) is 0 Å². The molecule has 0 aliphatic carbocycles. The molecule has 194 valence electrons. The van der Waals surface area contributed by atoms with Crippen LogP contribution in [0.25, 0.3) is 0 Å². The van der Waals surface area contributed by atoms with Crippen molar-refractivity contribution in [2.24, 2.45) is 0 Å². The third kappa shape index (κ3) is 7.66. The summed E-state index contributed by atoms with van der Waals surface area (Å²) in [5, 5.41) is 10.4. The topological polar surface area (TPSA) is 38.7 Å². The van der Waals surface area contributed by atoms with Crippen molar-refractivity contribution in [1.82, 2.24) is 0 Å². The van der Waals surface area contributed by atoms with Crippen LogP contribution in [-0.4, -0.2) is 17.3 Å². The number of hydrogen-bond donors (Lipinski definition) is 1. The second-order valence-corrected chi connectivity index (χ2v) is 10.9. The van der Waals surface area contributed by atoms with Crippen molar-refractivity contribution in [3.63, 3.8) is 0 Å². The normalized spacial score (nSPS) is 17.2. The molecule has 2 aromatic rings. The first kappa shape index (κ1) is 27.4. The SMILES string of the molecule is CCCCCCCCCCCCc1ccc(OCC2(C)CCc3c(C)c(O)c(C)c(C)c3O2)cc1. The minimum atomic E-state index is -0.373. The predicted molar refractivity (Wildman–Crippen MR) is 147 cm³/mol. The van der Waals surface area contributed by atoms with E-state index in [9.17, 15) is 5.11 Å². The molecular weight excluding hydrogens is 432 g/mol. The number of hydrogen-bond acceptors (Lipinski definition) is 3. The second-order valence-electron chi connectivity index (χ2n) is 10.9. The first-order valence-electron chi connectivity index (χ1n) is 14.1. The highest BCUT2D eigenvalue weighted by atomic mass is 16.5. The lowest BCUT2D eigenvalue weighted by molar-refractivity contribution is 0.0166. The lowest BCUT2D eigenvalue weighted by Crippen LogP contribution is -2.42. The number of aromatic hydroxyl groups is 1. The van der Waals surface area contributed by atoms with Crippen molar-refractivity contribution in [2.75, 3.05) is 6.61 Å². The van der Waals surface area contributed by atoms with Crippen molar-refractivity contribution >= 4 is 0 Å². The molecule has 3 rings (SSSR count). The van der Waals surface area contributed by atoms with Crippen LogP contribution in [0, 0.1) is 20.8 Å². The van der Waals surface area contributed by atoms with Gasteiger partial charge in [-0.25, -0.2) is 0 Å². The molecule has 1 unspecified atom stereocenters. The van der Waals surface area contributed by atoms with Crippen LogP contribution in [0.15, 0.2) is 24.3 Å². The highest BCUT2D eigenvalue weighted by molar-refractivity contribution is 5.58. The van der Waals surface area contributed by atoms with Gasteiger partial charge in [0.05, 0.1) is 0 Å². The lowest BCUT2D eigenvalue weighted by atomic mass is 9.87. The van der Waals surface area contributed by atoms with E-state index >= 15 is 0 Å². The standard InChI is InChI=1S/C32H48O3/c1-6-7-8-9-10-11-12-13-14-15-16-27-17-19-28(20-18-27)34-23-32(5)22-21-29-26(4)30(33)24(2)25(3)31(29)35-32/h17-20,33H,6-16,21-23H2,1-5H3. The highest BCUT2D eigenvalue weighted by Crippen LogP contribution is 2.43. The van der Waals surface area contributed by atoms with Crippen molar-refractivity contribution in [3.8, 4) is 17.2 Å². The third-order valence-corrected chi connectivity index (χ3v) is 7.88. The van der Waals surface area contributed by atoms with E-state index in [-0.39, 0.29) is 5.60 Å². The summed E-state index contributed by atoms with van der Waals surface area (Å²) < 4.78 is 12.7.